The second kappa shape index (κ2) is 8.06. The lowest BCUT2D eigenvalue weighted by Crippen LogP contribution is -2.21. The van der Waals surface area contributed by atoms with Gasteiger partial charge in [-0.25, -0.2) is 0 Å². The highest BCUT2D eigenvalue weighted by Crippen LogP contribution is 2.31. The van der Waals surface area contributed by atoms with Gasteiger partial charge in [-0.2, -0.15) is 0 Å². The van der Waals surface area contributed by atoms with Gasteiger partial charge < -0.3 is 15.2 Å². The van der Waals surface area contributed by atoms with E-state index in [1.54, 1.807) is 0 Å². The van der Waals surface area contributed by atoms with Gasteiger partial charge in [0.1, 0.15) is 23.9 Å². The molecule has 0 aliphatic carbocycles. The van der Waals surface area contributed by atoms with Crippen molar-refractivity contribution in [3.8, 4) is 11.5 Å². The fourth-order valence-corrected chi connectivity index (χ4v) is 2.75. The zero-order valence-electron chi connectivity index (χ0n) is 13.7. The van der Waals surface area contributed by atoms with E-state index in [0.717, 1.165) is 41.9 Å². The van der Waals surface area contributed by atoms with E-state index in [2.05, 4.69) is 13.0 Å². The zero-order chi connectivity index (χ0) is 16.2. The van der Waals surface area contributed by atoms with Gasteiger partial charge in [-0.15, -0.1) is 12.4 Å². The summed E-state index contributed by atoms with van der Waals surface area (Å²) in [5, 5.41) is 7.39. The van der Waals surface area contributed by atoms with Crippen LogP contribution in [0.1, 0.15) is 36.5 Å². The Hall–Kier alpha value is -2.20. The zero-order valence-corrected chi connectivity index (χ0v) is 14.6. The molecule has 0 spiro atoms. The summed E-state index contributed by atoms with van der Waals surface area (Å²) >= 11 is 0. The number of nitrogens with one attached hydrogen (secondary N) is 1. The Bertz CT molecular complexity index is 701. The van der Waals surface area contributed by atoms with Crippen molar-refractivity contribution in [2.45, 2.75) is 38.9 Å². The van der Waals surface area contributed by atoms with E-state index in [9.17, 15) is 0 Å². The van der Waals surface area contributed by atoms with Crippen molar-refractivity contribution in [2.24, 2.45) is 5.73 Å². The van der Waals surface area contributed by atoms with Gasteiger partial charge in [0.05, 0.1) is 6.10 Å². The van der Waals surface area contributed by atoms with Crippen LogP contribution in [0.3, 0.4) is 0 Å². The first-order chi connectivity index (χ1) is 11.2. The summed E-state index contributed by atoms with van der Waals surface area (Å²) < 4.78 is 11.8. The molecule has 2 aromatic rings. The Labute approximate surface area is 148 Å². The van der Waals surface area contributed by atoms with Crippen molar-refractivity contribution in [3.05, 3.63) is 59.2 Å². The number of aryl methyl sites for hydroxylation is 1. The quantitative estimate of drug-likeness (QED) is 0.633. The van der Waals surface area contributed by atoms with Crippen molar-refractivity contribution in [1.29, 1.82) is 5.41 Å². The minimum absolute atomic E-state index is 0. The monoisotopic (exact) mass is 346 g/mol. The van der Waals surface area contributed by atoms with Crippen molar-refractivity contribution < 1.29 is 9.47 Å². The summed E-state index contributed by atoms with van der Waals surface area (Å²) in [6.45, 7) is 2.65. The third-order valence-corrected chi connectivity index (χ3v) is 4.19. The molecule has 3 N–H and O–H groups in total. The Morgan fingerprint density at radius 3 is 2.67 bits per heavy atom. The van der Waals surface area contributed by atoms with Gasteiger partial charge in [-0.1, -0.05) is 31.2 Å². The predicted molar refractivity (Wildman–Crippen MR) is 98.5 cm³/mol. The molecule has 0 bridgehead atoms. The highest BCUT2D eigenvalue weighted by Gasteiger charge is 2.18. The number of hydrogen-bond acceptors (Lipinski definition) is 3. The van der Waals surface area contributed by atoms with E-state index in [0.29, 0.717) is 12.7 Å². The summed E-state index contributed by atoms with van der Waals surface area (Å²) in [7, 11) is 0. The molecule has 4 nitrogen and oxygen atoms in total. The lowest BCUT2D eigenvalue weighted by Gasteiger charge is -2.25. The number of rotatable bonds is 5. The first kappa shape index (κ1) is 18.1. The Balaban J connectivity index is 0.00000208. The van der Waals surface area contributed by atoms with E-state index in [4.69, 9.17) is 20.6 Å². The van der Waals surface area contributed by atoms with Crippen molar-refractivity contribution >= 4 is 18.2 Å². The van der Waals surface area contributed by atoms with Crippen LogP contribution in [0, 0.1) is 5.41 Å². The molecule has 24 heavy (non-hydrogen) atoms. The molecule has 3 rings (SSSR count). The van der Waals surface area contributed by atoms with Crippen LogP contribution in [0.5, 0.6) is 11.5 Å². The number of hydrogen-bond donors (Lipinski definition) is 2. The number of halogens is 1. The Kier molecular flexibility index (Phi) is 6.10. The second-order valence-corrected chi connectivity index (χ2v) is 5.86. The summed E-state index contributed by atoms with van der Waals surface area (Å²) in [6.07, 6.45) is 3.50. The van der Waals surface area contributed by atoms with Crippen LogP contribution in [0.4, 0.5) is 0 Å². The molecule has 1 aliphatic heterocycles. The van der Waals surface area contributed by atoms with Gasteiger partial charge in [0.2, 0.25) is 0 Å². The number of nitrogen functional groups attached to an aromatic ring is 1. The van der Waals surface area contributed by atoms with Crippen molar-refractivity contribution in [1.82, 2.24) is 0 Å². The van der Waals surface area contributed by atoms with E-state index >= 15 is 0 Å². The van der Waals surface area contributed by atoms with E-state index in [1.165, 1.54) is 5.56 Å². The molecule has 0 saturated heterocycles. The van der Waals surface area contributed by atoms with Crippen LogP contribution in [-0.4, -0.2) is 11.9 Å². The van der Waals surface area contributed by atoms with Crippen LogP contribution in [0.2, 0.25) is 0 Å². The van der Waals surface area contributed by atoms with E-state index < -0.39 is 0 Å². The van der Waals surface area contributed by atoms with Crippen LogP contribution >= 0.6 is 12.4 Å². The molecule has 1 atom stereocenters. The number of fused-ring (bicyclic) bond motifs is 1. The van der Waals surface area contributed by atoms with Crippen molar-refractivity contribution in [2.75, 3.05) is 0 Å². The topological polar surface area (TPSA) is 68.3 Å². The molecule has 1 aliphatic rings. The molecule has 1 unspecified atom stereocenters. The molecule has 0 aromatic heterocycles. The van der Waals surface area contributed by atoms with Gasteiger partial charge in [-0.3, -0.25) is 5.41 Å². The SMILES string of the molecule is CCC1CCc2cc(OCc3ccc(C(=N)N)cc3)ccc2O1.Cl. The third-order valence-electron chi connectivity index (χ3n) is 4.19. The molecule has 5 heteroatoms. The van der Waals surface area contributed by atoms with Crippen molar-refractivity contribution in [3.63, 3.8) is 0 Å². The van der Waals surface area contributed by atoms with Gasteiger partial charge in [0.25, 0.3) is 0 Å². The fraction of sp³-hybridized carbons (Fsp3) is 0.316. The summed E-state index contributed by atoms with van der Waals surface area (Å²) in [5.74, 6) is 1.93. The average Bonchev–Trinajstić information content (AvgIpc) is 2.59. The smallest absolute Gasteiger partial charge is 0.123 e. The molecule has 128 valence electrons. The average molecular weight is 347 g/mol. The summed E-state index contributed by atoms with van der Waals surface area (Å²) in [5.41, 5.74) is 8.45. The first-order valence-electron chi connectivity index (χ1n) is 8.01. The van der Waals surface area contributed by atoms with Gasteiger partial charge in [-0.05, 0) is 48.6 Å². The maximum absolute atomic E-state index is 7.39. The third kappa shape index (κ3) is 4.20. The maximum atomic E-state index is 7.39. The van der Waals surface area contributed by atoms with Crippen LogP contribution in [-0.2, 0) is 13.0 Å². The second-order valence-electron chi connectivity index (χ2n) is 5.86. The fourth-order valence-electron chi connectivity index (χ4n) is 2.75. The maximum Gasteiger partial charge on any atom is 0.123 e. The Morgan fingerprint density at radius 2 is 2.00 bits per heavy atom. The molecule has 2 aromatic carbocycles. The number of benzene rings is 2. The predicted octanol–water partition coefficient (Wildman–Crippen LogP) is 4.08. The normalized spacial score (nSPS) is 15.6. The van der Waals surface area contributed by atoms with E-state index in [-0.39, 0.29) is 18.2 Å². The lowest BCUT2D eigenvalue weighted by molar-refractivity contribution is 0.169. The molecular weight excluding hydrogens is 324 g/mol. The largest absolute Gasteiger partial charge is 0.490 e. The highest BCUT2D eigenvalue weighted by atomic mass is 35.5. The number of nitrogens with two attached hydrogens (primary N) is 1. The summed E-state index contributed by atoms with van der Waals surface area (Å²) in [4.78, 5) is 0. The molecule has 0 saturated carbocycles. The first-order valence-corrected chi connectivity index (χ1v) is 8.01. The van der Waals surface area contributed by atoms with Crippen LogP contribution < -0.4 is 15.2 Å². The standard InChI is InChI=1S/C19H22N2O2.ClH/c1-2-16-8-7-15-11-17(9-10-18(15)23-16)22-12-13-3-5-14(6-4-13)19(20)21;/h3-6,9-11,16H,2,7-8,12H2,1H3,(H3,20,21);1H. The molecular formula is C19H23ClN2O2. The lowest BCUT2D eigenvalue weighted by atomic mass is 10.0. The number of amidine groups is 1. The minimum Gasteiger partial charge on any atom is -0.490 e. The van der Waals surface area contributed by atoms with Gasteiger partial charge >= 0.3 is 0 Å². The summed E-state index contributed by atoms with van der Waals surface area (Å²) in [6, 6.07) is 13.6. The van der Waals surface area contributed by atoms with Gasteiger partial charge in [0.15, 0.2) is 0 Å². The minimum atomic E-state index is 0. The Morgan fingerprint density at radius 1 is 1.25 bits per heavy atom. The molecule has 0 radical (unpaired) electrons. The number of ether oxygens (including phenoxy) is 2. The van der Waals surface area contributed by atoms with Crippen LogP contribution in [0.25, 0.3) is 0 Å². The highest BCUT2D eigenvalue weighted by molar-refractivity contribution is 5.94. The molecule has 1 heterocycles. The van der Waals surface area contributed by atoms with Crippen LogP contribution in [0.15, 0.2) is 42.5 Å². The molecule has 0 fully saturated rings. The van der Waals surface area contributed by atoms with Gasteiger partial charge in [0, 0.05) is 5.56 Å². The molecule has 0 amide bonds. The van der Waals surface area contributed by atoms with E-state index in [1.807, 2.05) is 36.4 Å².